The third-order valence-corrected chi connectivity index (χ3v) is 7.48. The number of aromatic nitrogens is 2. The highest BCUT2D eigenvalue weighted by molar-refractivity contribution is 5.97. The van der Waals surface area contributed by atoms with E-state index in [9.17, 15) is 35.1 Å². The van der Waals surface area contributed by atoms with Gasteiger partial charge in [0.15, 0.2) is 17.2 Å². The summed E-state index contributed by atoms with van der Waals surface area (Å²) in [6.07, 6.45) is -6.59. The maximum absolute atomic E-state index is 15.4. The predicted molar refractivity (Wildman–Crippen MR) is 140 cm³/mol. The largest absolute Gasteiger partial charge is 0.458 e. The molecule has 4 atom stereocenters. The minimum atomic E-state index is -2.26. The van der Waals surface area contributed by atoms with Gasteiger partial charge in [0.05, 0.1) is 47.4 Å². The summed E-state index contributed by atoms with van der Waals surface area (Å²) in [4.78, 5) is 30.4. The Morgan fingerprint density at radius 1 is 1.24 bits per heavy atom. The van der Waals surface area contributed by atoms with Crippen LogP contribution in [0, 0.1) is 5.82 Å². The van der Waals surface area contributed by atoms with E-state index in [0.717, 1.165) is 6.07 Å². The summed E-state index contributed by atoms with van der Waals surface area (Å²) in [5.74, 6) is -2.22. The van der Waals surface area contributed by atoms with Gasteiger partial charge < -0.3 is 49.6 Å². The molecule has 0 saturated carbocycles. The Hall–Kier alpha value is -3.66. The summed E-state index contributed by atoms with van der Waals surface area (Å²) in [5.41, 5.74) is -0.564. The third kappa shape index (κ3) is 4.62. The van der Waals surface area contributed by atoms with Crippen molar-refractivity contribution in [3.05, 3.63) is 51.1 Å². The van der Waals surface area contributed by atoms with Crippen molar-refractivity contribution in [1.29, 1.82) is 0 Å². The third-order valence-electron chi connectivity index (χ3n) is 7.48. The van der Waals surface area contributed by atoms with Crippen LogP contribution in [-0.4, -0.2) is 79.5 Å². The van der Waals surface area contributed by atoms with Crippen LogP contribution in [0.15, 0.2) is 23.0 Å². The molecule has 0 aliphatic carbocycles. The van der Waals surface area contributed by atoms with E-state index in [2.05, 4.69) is 10.3 Å². The summed E-state index contributed by atoms with van der Waals surface area (Å²) in [5, 5.41) is 53.0. The Morgan fingerprint density at radius 2 is 1.98 bits per heavy atom. The number of pyridine rings is 2. The van der Waals surface area contributed by atoms with Gasteiger partial charge in [-0.2, -0.15) is 0 Å². The van der Waals surface area contributed by atoms with Crippen LogP contribution in [0.25, 0.3) is 22.3 Å². The number of esters is 1. The summed E-state index contributed by atoms with van der Waals surface area (Å²) < 4.78 is 32.7. The molecule has 5 rings (SSSR count). The van der Waals surface area contributed by atoms with Crippen LogP contribution in [0.2, 0.25) is 0 Å². The highest BCUT2D eigenvalue weighted by Gasteiger charge is 2.45. The summed E-state index contributed by atoms with van der Waals surface area (Å²) >= 11 is 0. The first-order valence-corrected chi connectivity index (χ1v) is 12.9. The number of halogens is 1. The van der Waals surface area contributed by atoms with Gasteiger partial charge in [0.2, 0.25) is 6.29 Å². The molecule has 41 heavy (non-hydrogen) atoms. The molecule has 13 nitrogen and oxygen atoms in total. The standard InChI is InChI=1S/C27H30FN3O10/c1-4-27(38)15-6-18-20-12(8-31(18)23(34)14(15)10-39-26(27)37)5-13-17(30-20)7-16(28)22(21(13)29-3)41-25(24(35)36)40-19(9-32)11(2)33/h5-7,11,19,24-25,29,32-33,35-36,38H,4,8-10H2,1-3H3/t11?,19?,25?,27-/m0/s1. The van der Waals surface area contributed by atoms with E-state index in [1.54, 1.807) is 19.1 Å². The number of cyclic esters (lactones) is 1. The van der Waals surface area contributed by atoms with E-state index in [1.807, 2.05) is 0 Å². The molecule has 2 aromatic heterocycles. The van der Waals surface area contributed by atoms with Crippen LogP contribution < -0.4 is 15.6 Å². The fraction of sp³-hybridized carbons (Fsp3) is 0.444. The van der Waals surface area contributed by atoms with E-state index >= 15 is 4.39 Å². The smallest absolute Gasteiger partial charge is 0.343 e. The van der Waals surface area contributed by atoms with Gasteiger partial charge in [-0.25, -0.2) is 14.2 Å². The molecule has 0 radical (unpaired) electrons. The Balaban J connectivity index is 1.61. The molecular weight excluding hydrogens is 545 g/mol. The van der Waals surface area contributed by atoms with Crippen molar-refractivity contribution in [3.8, 4) is 17.1 Å². The Morgan fingerprint density at radius 3 is 2.59 bits per heavy atom. The van der Waals surface area contributed by atoms with Crippen molar-refractivity contribution in [2.75, 3.05) is 19.0 Å². The Labute approximate surface area is 232 Å². The van der Waals surface area contributed by atoms with E-state index in [-0.39, 0.29) is 41.9 Å². The Kier molecular flexibility index (Phi) is 7.48. The zero-order valence-electron chi connectivity index (χ0n) is 22.4. The lowest BCUT2D eigenvalue weighted by molar-refractivity contribution is -0.251. The number of nitrogens with one attached hydrogen (secondary N) is 1. The number of ether oxygens (including phenoxy) is 3. The lowest BCUT2D eigenvalue weighted by Crippen LogP contribution is -2.44. The highest BCUT2D eigenvalue weighted by Crippen LogP contribution is 2.42. The van der Waals surface area contributed by atoms with Gasteiger partial charge in [-0.15, -0.1) is 0 Å². The van der Waals surface area contributed by atoms with E-state index in [0.29, 0.717) is 22.3 Å². The topological polar surface area (TPSA) is 193 Å². The van der Waals surface area contributed by atoms with E-state index in [4.69, 9.17) is 14.2 Å². The van der Waals surface area contributed by atoms with Crippen LogP contribution in [0.5, 0.6) is 5.75 Å². The number of carbonyl (C=O) groups is 1. The quantitative estimate of drug-likeness (QED) is 0.116. The second-order valence-electron chi connectivity index (χ2n) is 9.98. The number of aliphatic hydroxyl groups is 5. The lowest BCUT2D eigenvalue weighted by atomic mass is 9.86. The number of rotatable bonds is 9. The van der Waals surface area contributed by atoms with Crippen molar-refractivity contribution in [2.24, 2.45) is 0 Å². The average Bonchev–Trinajstić information content (AvgIpc) is 3.29. The molecule has 220 valence electrons. The van der Waals surface area contributed by atoms with Gasteiger partial charge in [-0.1, -0.05) is 6.92 Å². The number of hydrogen-bond acceptors (Lipinski definition) is 12. The Bertz CT molecular complexity index is 1590. The first kappa shape index (κ1) is 28.9. The molecule has 0 fully saturated rings. The van der Waals surface area contributed by atoms with Crippen LogP contribution >= 0.6 is 0 Å². The molecule has 0 spiro atoms. The molecular formula is C27H30FN3O10. The second-order valence-corrected chi connectivity index (χ2v) is 9.98. The number of anilines is 1. The van der Waals surface area contributed by atoms with Crippen LogP contribution in [0.4, 0.5) is 10.1 Å². The number of fused-ring (bicyclic) bond motifs is 5. The molecule has 2 aliphatic heterocycles. The molecule has 0 bridgehead atoms. The summed E-state index contributed by atoms with van der Waals surface area (Å²) in [7, 11) is 1.49. The molecule has 0 amide bonds. The first-order valence-electron chi connectivity index (χ1n) is 12.9. The highest BCUT2D eigenvalue weighted by atomic mass is 19.1. The minimum Gasteiger partial charge on any atom is -0.458 e. The van der Waals surface area contributed by atoms with Gasteiger partial charge in [-0.05, 0) is 25.5 Å². The van der Waals surface area contributed by atoms with E-state index < -0.39 is 60.1 Å². The number of aliphatic hydroxyl groups excluding tert-OH is 3. The van der Waals surface area contributed by atoms with Crippen molar-refractivity contribution in [2.45, 2.75) is 63.8 Å². The average molecular weight is 576 g/mol. The van der Waals surface area contributed by atoms with Gasteiger partial charge >= 0.3 is 5.97 Å². The van der Waals surface area contributed by atoms with Crippen molar-refractivity contribution < 1.29 is 48.9 Å². The maximum Gasteiger partial charge on any atom is 0.343 e. The monoisotopic (exact) mass is 575 g/mol. The number of carbonyl (C=O) groups excluding carboxylic acids is 1. The summed E-state index contributed by atoms with van der Waals surface area (Å²) in [6, 6.07) is 4.28. The van der Waals surface area contributed by atoms with Crippen molar-refractivity contribution in [1.82, 2.24) is 9.55 Å². The van der Waals surface area contributed by atoms with Crippen LogP contribution in [-0.2, 0) is 33.0 Å². The van der Waals surface area contributed by atoms with Gasteiger partial charge in [0.1, 0.15) is 12.7 Å². The summed E-state index contributed by atoms with van der Waals surface area (Å²) in [6.45, 7) is 2.07. The first-order chi connectivity index (χ1) is 19.4. The number of hydrogen-bond donors (Lipinski definition) is 6. The molecule has 2 aliphatic rings. The predicted octanol–water partition coefficient (Wildman–Crippen LogP) is 0.0343. The molecule has 1 aromatic carbocycles. The van der Waals surface area contributed by atoms with Crippen LogP contribution in [0.3, 0.4) is 0 Å². The fourth-order valence-electron chi connectivity index (χ4n) is 5.19. The van der Waals surface area contributed by atoms with Crippen molar-refractivity contribution in [3.63, 3.8) is 0 Å². The zero-order chi connectivity index (χ0) is 29.8. The molecule has 6 N–H and O–H groups in total. The molecule has 14 heteroatoms. The molecule has 4 heterocycles. The maximum atomic E-state index is 15.4. The van der Waals surface area contributed by atoms with Crippen LogP contribution in [0.1, 0.15) is 37.0 Å². The molecule has 3 aromatic rings. The SMILES string of the molecule is CC[C@@]1(O)C(=O)OCc2c1cc1n(c2=O)Cc2cc3c(NC)c(OC(OC(CO)C(C)O)C(O)O)c(F)cc3nc2-1. The number of benzene rings is 1. The molecule has 3 unspecified atom stereocenters. The number of nitrogens with zero attached hydrogens (tertiary/aromatic N) is 2. The van der Waals surface area contributed by atoms with E-state index in [1.165, 1.54) is 18.5 Å². The second kappa shape index (κ2) is 10.6. The van der Waals surface area contributed by atoms with Gasteiger partial charge in [0, 0.05) is 29.6 Å². The molecule has 0 saturated heterocycles. The zero-order valence-corrected chi connectivity index (χ0v) is 22.4. The van der Waals surface area contributed by atoms with Gasteiger partial charge in [-0.3, -0.25) is 4.79 Å². The lowest BCUT2D eigenvalue weighted by Gasteiger charge is -2.31. The van der Waals surface area contributed by atoms with Gasteiger partial charge in [0.25, 0.3) is 11.8 Å². The minimum absolute atomic E-state index is 0.0111. The normalized spacial score (nSPS) is 19.8. The van der Waals surface area contributed by atoms with Crippen molar-refractivity contribution >= 4 is 22.6 Å². The fourth-order valence-corrected chi connectivity index (χ4v) is 5.19.